The lowest BCUT2D eigenvalue weighted by Crippen LogP contribution is -2.26. The highest BCUT2D eigenvalue weighted by atomic mass is 16.5. The van der Waals surface area contributed by atoms with Gasteiger partial charge in [-0.25, -0.2) is 0 Å². The van der Waals surface area contributed by atoms with Gasteiger partial charge in [-0.3, -0.25) is 4.79 Å². The van der Waals surface area contributed by atoms with Gasteiger partial charge in [0.1, 0.15) is 11.5 Å². The minimum absolute atomic E-state index is 0.0318. The fourth-order valence-electron chi connectivity index (χ4n) is 3.59. The predicted octanol–water partition coefficient (Wildman–Crippen LogP) is 2.60. The van der Waals surface area contributed by atoms with Crippen LogP contribution in [0, 0.1) is 11.8 Å². The quantitative estimate of drug-likeness (QED) is 0.704. The number of aliphatic hydroxyl groups excluding tert-OH is 1. The van der Waals surface area contributed by atoms with Crippen LogP contribution in [0.5, 0.6) is 23.0 Å². The summed E-state index contributed by atoms with van der Waals surface area (Å²) in [5.74, 6) is 0.379. The largest absolute Gasteiger partial charge is 0.508 e. The van der Waals surface area contributed by atoms with Gasteiger partial charge in [0.15, 0.2) is 17.3 Å². The van der Waals surface area contributed by atoms with Crippen LogP contribution in [-0.2, 0) is 4.74 Å². The summed E-state index contributed by atoms with van der Waals surface area (Å²) in [5.41, 5.74) is 1.11. The maximum atomic E-state index is 13.1. The Morgan fingerprint density at radius 1 is 1.07 bits per heavy atom. The summed E-state index contributed by atoms with van der Waals surface area (Å²) in [6.07, 6.45) is -0.528. The molecule has 150 valence electrons. The van der Waals surface area contributed by atoms with E-state index in [1.807, 2.05) is 0 Å². The number of carbonyl (C=O) groups excluding carboxylic acids is 1. The van der Waals surface area contributed by atoms with Crippen molar-refractivity contribution in [2.45, 2.75) is 6.10 Å². The molecule has 0 radical (unpaired) electrons. The van der Waals surface area contributed by atoms with Gasteiger partial charge >= 0.3 is 0 Å². The molecular formula is C21H24O7. The van der Waals surface area contributed by atoms with Crippen molar-refractivity contribution >= 4 is 5.78 Å². The monoisotopic (exact) mass is 388 g/mol. The number of phenols is 1. The molecule has 1 saturated heterocycles. The lowest BCUT2D eigenvalue weighted by molar-refractivity contribution is 0.0711. The van der Waals surface area contributed by atoms with E-state index in [-0.39, 0.29) is 24.7 Å². The highest BCUT2D eigenvalue weighted by Crippen LogP contribution is 2.42. The first-order chi connectivity index (χ1) is 13.5. The van der Waals surface area contributed by atoms with Crippen LogP contribution in [0.4, 0.5) is 0 Å². The van der Waals surface area contributed by atoms with E-state index in [2.05, 4.69) is 0 Å². The summed E-state index contributed by atoms with van der Waals surface area (Å²) in [5, 5.41) is 19.9. The lowest BCUT2D eigenvalue weighted by atomic mass is 9.83. The highest BCUT2D eigenvalue weighted by Gasteiger charge is 2.42. The Bertz CT molecular complexity index is 849. The Kier molecular flexibility index (Phi) is 6.06. The van der Waals surface area contributed by atoms with Gasteiger partial charge in [0.05, 0.1) is 40.0 Å². The van der Waals surface area contributed by atoms with Crippen molar-refractivity contribution < 1.29 is 34.0 Å². The Labute approximate surface area is 163 Å². The van der Waals surface area contributed by atoms with Crippen molar-refractivity contribution in [3.05, 3.63) is 47.5 Å². The summed E-state index contributed by atoms with van der Waals surface area (Å²) >= 11 is 0. The third kappa shape index (κ3) is 3.76. The fraction of sp³-hybridized carbons (Fsp3) is 0.381. The Morgan fingerprint density at radius 2 is 1.82 bits per heavy atom. The van der Waals surface area contributed by atoms with Crippen molar-refractivity contribution in [1.82, 2.24) is 0 Å². The zero-order chi connectivity index (χ0) is 20.3. The van der Waals surface area contributed by atoms with Gasteiger partial charge < -0.3 is 29.2 Å². The number of rotatable bonds is 7. The van der Waals surface area contributed by atoms with Crippen molar-refractivity contribution in [3.8, 4) is 23.0 Å². The average Bonchev–Trinajstić information content (AvgIpc) is 3.16. The van der Waals surface area contributed by atoms with Gasteiger partial charge in [0.25, 0.3) is 0 Å². The van der Waals surface area contributed by atoms with E-state index in [4.69, 9.17) is 18.9 Å². The van der Waals surface area contributed by atoms with E-state index < -0.39 is 17.9 Å². The number of methoxy groups -OCH3 is 3. The molecule has 7 nitrogen and oxygen atoms in total. The number of aromatic hydroxyl groups is 1. The molecule has 7 heteroatoms. The first kappa shape index (κ1) is 20.0. The molecule has 0 aliphatic carbocycles. The van der Waals surface area contributed by atoms with E-state index in [9.17, 15) is 15.0 Å². The maximum Gasteiger partial charge on any atom is 0.168 e. The summed E-state index contributed by atoms with van der Waals surface area (Å²) in [4.78, 5) is 13.1. The summed E-state index contributed by atoms with van der Waals surface area (Å²) < 4.78 is 21.5. The molecule has 2 N–H and O–H groups in total. The van der Waals surface area contributed by atoms with E-state index in [0.29, 0.717) is 28.4 Å². The first-order valence-corrected chi connectivity index (χ1v) is 8.89. The molecular weight excluding hydrogens is 364 g/mol. The molecule has 1 fully saturated rings. The van der Waals surface area contributed by atoms with Gasteiger partial charge in [0.2, 0.25) is 0 Å². The molecule has 0 bridgehead atoms. The molecule has 2 aromatic rings. The molecule has 3 rings (SSSR count). The molecule has 1 aliphatic rings. The lowest BCUT2D eigenvalue weighted by Gasteiger charge is -2.21. The number of Topliss-reactive ketones (excluding diaryl/α,β-unsaturated/α-hetero) is 1. The predicted molar refractivity (Wildman–Crippen MR) is 101 cm³/mol. The number of phenolic OH excluding ortho intramolecular Hbond substituents is 1. The van der Waals surface area contributed by atoms with Crippen molar-refractivity contribution in [2.75, 3.05) is 34.5 Å². The number of hydrogen-bond acceptors (Lipinski definition) is 7. The van der Waals surface area contributed by atoms with Crippen LogP contribution < -0.4 is 14.2 Å². The van der Waals surface area contributed by atoms with E-state index >= 15 is 0 Å². The minimum Gasteiger partial charge on any atom is -0.508 e. The Hall–Kier alpha value is -2.77. The molecule has 0 unspecified atom stereocenters. The third-order valence-electron chi connectivity index (χ3n) is 5.05. The number of aliphatic hydroxyl groups is 1. The second-order valence-corrected chi connectivity index (χ2v) is 6.61. The van der Waals surface area contributed by atoms with Crippen LogP contribution >= 0.6 is 0 Å². The van der Waals surface area contributed by atoms with E-state index in [0.717, 1.165) is 0 Å². The Balaban J connectivity index is 1.88. The van der Waals surface area contributed by atoms with Crippen LogP contribution in [-0.4, -0.2) is 50.5 Å². The first-order valence-electron chi connectivity index (χ1n) is 8.89. The van der Waals surface area contributed by atoms with Crippen molar-refractivity contribution in [1.29, 1.82) is 0 Å². The number of ether oxygens (including phenoxy) is 4. The number of benzene rings is 2. The highest BCUT2D eigenvalue weighted by molar-refractivity contribution is 5.99. The van der Waals surface area contributed by atoms with Crippen molar-refractivity contribution in [3.63, 3.8) is 0 Å². The van der Waals surface area contributed by atoms with Crippen LogP contribution in [0.3, 0.4) is 0 Å². The molecule has 28 heavy (non-hydrogen) atoms. The summed E-state index contributed by atoms with van der Waals surface area (Å²) in [6.45, 7) is -0.0621. The average molecular weight is 388 g/mol. The number of ketones is 1. The topological polar surface area (TPSA) is 94.5 Å². The molecule has 2 aromatic carbocycles. The maximum absolute atomic E-state index is 13.1. The minimum atomic E-state index is -0.528. The second-order valence-electron chi connectivity index (χ2n) is 6.61. The zero-order valence-electron chi connectivity index (χ0n) is 16.0. The van der Waals surface area contributed by atoms with Crippen LogP contribution in [0.2, 0.25) is 0 Å². The third-order valence-corrected chi connectivity index (χ3v) is 5.05. The van der Waals surface area contributed by atoms with Gasteiger partial charge in [0, 0.05) is 24.2 Å². The second kappa shape index (κ2) is 8.50. The van der Waals surface area contributed by atoms with Crippen molar-refractivity contribution in [2.24, 2.45) is 11.8 Å². The standard InChI is InChI=1S/C21H24O7/c1-25-15-7-13(6-14(23)9-15)21-16(10-22)17(11-28-21)20(24)12-4-5-18(26-2)19(8-12)27-3/h4-9,16-17,21-23H,10-11H2,1-3H3/t16-,17+,21+/m0/s1. The van der Waals surface area contributed by atoms with Gasteiger partial charge in [-0.05, 0) is 35.9 Å². The zero-order valence-corrected chi connectivity index (χ0v) is 16.0. The van der Waals surface area contributed by atoms with Crippen LogP contribution in [0.15, 0.2) is 36.4 Å². The molecule has 1 aliphatic heterocycles. The molecule has 3 atom stereocenters. The van der Waals surface area contributed by atoms with Crippen LogP contribution in [0.25, 0.3) is 0 Å². The van der Waals surface area contributed by atoms with Gasteiger partial charge in [-0.1, -0.05) is 0 Å². The Morgan fingerprint density at radius 3 is 2.46 bits per heavy atom. The number of hydrogen-bond donors (Lipinski definition) is 2. The van der Waals surface area contributed by atoms with E-state index in [1.54, 1.807) is 30.3 Å². The fourth-order valence-corrected chi connectivity index (χ4v) is 3.59. The van der Waals surface area contributed by atoms with Crippen LogP contribution in [0.1, 0.15) is 22.0 Å². The molecule has 1 heterocycles. The smallest absolute Gasteiger partial charge is 0.168 e. The normalized spacial score (nSPS) is 21.4. The SMILES string of the molecule is COc1cc(O)cc([C@H]2OC[C@@H](C(=O)c3ccc(OC)c(OC)c3)[C@@H]2CO)c1. The van der Waals surface area contributed by atoms with Gasteiger partial charge in [-0.2, -0.15) is 0 Å². The molecule has 0 amide bonds. The molecule has 0 saturated carbocycles. The summed E-state index contributed by atoms with van der Waals surface area (Å²) in [6, 6.07) is 9.74. The molecule has 0 spiro atoms. The number of carbonyl (C=O) groups is 1. The molecule has 0 aromatic heterocycles. The van der Waals surface area contributed by atoms with Gasteiger partial charge in [-0.15, -0.1) is 0 Å². The van der Waals surface area contributed by atoms with E-state index in [1.165, 1.54) is 27.4 Å². The summed E-state index contributed by atoms with van der Waals surface area (Å²) in [7, 11) is 4.54.